The summed E-state index contributed by atoms with van der Waals surface area (Å²) in [6.07, 6.45) is 11.6. The molecular formula is C21H26N4O2S. The Hall–Kier alpha value is -2.15. The van der Waals surface area contributed by atoms with E-state index in [0.29, 0.717) is 25.0 Å². The normalized spacial score (nSPS) is 23.7. The van der Waals surface area contributed by atoms with Crippen LogP contribution in [-0.2, 0) is 16.0 Å². The summed E-state index contributed by atoms with van der Waals surface area (Å²) in [5.41, 5.74) is 0.988. The van der Waals surface area contributed by atoms with Gasteiger partial charge in [-0.15, -0.1) is 0 Å². The van der Waals surface area contributed by atoms with E-state index in [0.717, 1.165) is 30.1 Å². The molecule has 148 valence electrons. The van der Waals surface area contributed by atoms with Gasteiger partial charge in [0.15, 0.2) is 5.17 Å². The van der Waals surface area contributed by atoms with Gasteiger partial charge in [0.2, 0.25) is 11.8 Å². The molecule has 1 N–H and O–H groups in total. The number of rotatable bonds is 9. The van der Waals surface area contributed by atoms with Crippen molar-refractivity contribution in [2.24, 2.45) is 10.9 Å². The Morgan fingerprint density at radius 3 is 2.89 bits per heavy atom. The van der Waals surface area contributed by atoms with Crippen LogP contribution in [0.1, 0.15) is 37.8 Å². The number of hydrogen-bond acceptors (Lipinski definition) is 5. The van der Waals surface area contributed by atoms with Gasteiger partial charge in [-0.3, -0.25) is 24.5 Å². The number of allylic oxidation sites excluding steroid dienone is 1. The van der Waals surface area contributed by atoms with E-state index < -0.39 is 0 Å². The molecule has 3 aliphatic rings. The van der Waals surface area contributed by atoms with Crippen molar-refractivity contribution in [3.8, 4) is 0 Å². The van der Waals surface area contributed by atoms with Crippen LogP contribution in [0.25, 0.3) is 0 Å². The van der Waals surface area contributed by atoms with Crippen LogP contribution in [0.3, 0.4) is 0 Å². The molecule has 1 aromatic heterocycles. The smallest absolute Gasteiger partial charge is 0.242 e. The molecular weight excluding hydrogens is 372 g/mol. The lowest BCUT2D eigenvalue weighted by Crippen LogP contribution is -2.35. The maximum atomic E-state index is 12.9. The first-order valence-corrected chi connectivity index (χ1v) is 11.0. The fraction of sp³-hybridized carbons (Fsp3) is 0.524. The quantitative estimate of drug-likeness (QED) is 0.649. The van der Waals surface area contributed by atoms with Crippen molar-refractivity contribution in [3.63, 3.8) is 0 Å². The van der Waals surface area contributed by atoms with E-state index in [9.17, 15) is 9.59 Å². The van der Waals surface area contributed by atoms with Gasteiger partial charge in [0.05, 0.1) is 0 Å². The first-order valence-electron chi connectivity index (χ1n) is 10.1. The van der Waals surface area contributed by atoms with E-state index in [-0.39, 0.29) is 23.5 Å². The third kappa shape index (κ3) is 5.44. The summed E-state index contributed by atoms with van der Waals surface area (Å²) in [5, 5.41) is 3.33. The van der Waals surface area contributed by atoms with Crippen molar-refractivity contribution >= 4 is 28.7 Å². The number of nitrogens with zero attached hydrogens (tertiary/aromatic N) is 3. The van der Waals surface area contributed by atoms with E-state index in [2.05, 4.69) is 27.4 Å². The zero-order chi connectivity index (χ0) is 19.3. The number of amidine groups is 1. The van der Waals surface area contributed by atoms with Crippen LogP contribution in [0.2, 0.25) is 0 Å². The highest BCUT2D eigenvalue weighted by Gasteiger charge is 2.39. The van der Waals surface area contributed by atoms with Gasteiger partial charge in [-0.2, -0.15) is 0 Å². The van der Waals surface area contributed by atoms with E-state index >= 15 is 0 Å². The molecule has 4 rings (SSSR count). The van der Waals surface area contributed by atoms with Crippen LogP contribution < -0.4 is 5.32 Å². The maximum Gasteiger partial charge on any atom is 0.242 e. The topological polar surface area (TPSA) is 74.7 Å². The van der Waals surface area contributed by atoms with Crippen molar-refractivity contribution in [3.05, 3.63) is 42.2 Å². The first-order chi connectivity index (χ1) is 13.7. The van der Waals surface area contributed by atoms with E-state index in [1.165, 1.54) is 24.6 Å². The molecule has 2 amide bonds. The van der Waals surface area contributed by atoms with Gasteiger partial charge in [-0.05, 0) is 43.7 Å². The van der Waals surface area contributed by atoms with Gasteiger partial charge in [-0.1, -0.05) is 30.0 Å². The molecule has 1 aromatic rings. The largest absolute Gasteiger partial charge is 0.353 e. The number of aliphatic imine (C=N–C) groups is 1. The van der Waals surface area contributed by atoms with Crippen LogP contribution in [0.4, 0.5) is 0 Å². The predicted octanol–water partition coefficient (Wildman–Crippen LogP) is 2.56. The number of amides is 2. The third-order valence-corrected chi connectivity index (χ3v) is 6.21. The minimum atomic E-state index is -0.373. The fourth-order valence-corrected chi connectivity index (χ4v) is 4.25. The number of carbonyl (C=O) groups is 2. The van der Waals surface area contributed by atoms with Gasteiger partial charge < -0.3 is 5.32 Å². The lowest BCUT2D eigenvalue weighted by Gasteiger charge is -2.14. The fourth-order valence-electron chi connectivity index (χ4n) is 3.07. The van der Waals surface area contributed by atoms with Crippen molar-refractivity contribution in [2.75, 3.05) is 13.1 Å². The second kappa shape index (κ2) is 8.90. The molecule has 1 unspecified atom stereocenters. The van der Waals surface area contributed by atoms with Gasteiger partial charge in [-0.25, -0.2) is 0 Å². The lowest BCUT2D eigenvalue weighted by atomic mass is 10.2. The molecule has 3 fully saturated rings. The Morgan fingerprint density at radius 2 is 2.18 bits per heavy atom. The average Bonchev–Trinajstić information content (AvgIpc) is 3.60. The Bertz CT molecular complexity index is 772. The van der Waals surface area contributed by atoms with Crippen LogP contribution in [0.15, 0.2) is 41.5 Å². The van der Waals surface area contributed by atoms with Gasteiger partial charge >= 0.3 is 0 Å². The molecule has 0 spiro atoms. The second-order valence-electron chi connectivity index (χ2n) is 7.60. The summed E-state index contributed by atoms with van der Waals surface area (Å²) >= 11 is 1.42. The Morgan fingerprint density at radius 1 is 1.32 bits per heavy atom. The standard InChI is InChI=1S/C21H26N4O2S/c26-19(24-17-8-9-17)14-18-20(27)25(13-3-4-15-6-7-15)21(28-18)23-12-10-16-5-1-2-11-22-16/h1-5,11,15,17-18H,6-10,12-14H2,(H,24,26). The highest BCUT2D eigenvalue weighted by molar-refractivity contribution is 8.15. The molecule has 28 heavy (non-hydrogen) atoms. The SMILES string of the molecule is O=C(CC1SC(=NCCc2ccccn2)N(CC=CC2CC2)C1=O)NC1CC1. The second-order valence-corrected chi connectivity index (χ2v) is 8.77. The van der Waals surface area contributed by atoms with Crippen molar-refractivity contribution in [2.45, 2.75) is 49.8 Å². The molecule has 6 nitrogen and oxygen atoms in total. The minimum Gasteiger partial charge on any atom is -0.353 e. The van der Waals surface area contributed by atoms with Gasteiger partial charge in [0.25, 0.3) is 0 Å². The maximum absolute atomic E-state index is 12.9. The predicted molar refractivity (Wildman–Crippen MR) is 111 cm³/mol. The number of thioether (sulfide) groups is 1. The zero-order valence-electron chi connectivity index (χ0n) is 15.9. The van der Waals surface area contributed by atoms with E-state index in [1.54, 1.807) is 11.1 Å². The molecule has 1 atom stereocenters. The van der Waals surface area contributed by atoms with Gasteiger partial charge in [0.1, 0.15) is 5.25 Å². The van der Waals surface area contributed by atoms with Crippen LogP contribution >= 0.6 is 11.8 Å². The summed E-state index contributed by atoms with van der Waals surface area (Å²) in [6, 6.07) is 6.16. The zero-order valence-corrected chi connectivity index (χ0v) is 16.7. The van der Waals surface area contributed by atoms with Crippen LogP contribution in [-0.4, -0.2) is 51.2 Å². The Kier molecular flexibility index (Phi) is 6.10. The van der Waals surface area contributed by atoms with E-state index in [4.69, 9.17) is 0 Å². The van der Waals surface area contributed by atoms with Crippen LogP contribution in [0, 0.1) is 5.92 Å². The molecule has 2 heterocycles. The minimum absolute atomic E-state index is 0.00650. The molecule has 0 aromatic carbocycles. The lowest BCUT2D eigenvalue weighted by molar-refractivity contribution is -0.129. The molecule has 2 saturated carbocycles. The van der Waals surface area contributed by atoms with Crippen molar-refractivity contribution in [1.82, 2.24) is 15.2 Å². The Balaban J connectivity index is 1.38. The number of hydrogen-bond donors (Lipinski definition) is 1. The number of nitrogens with one attached hydrogen (secondary N) is 1. The number of carbonyl (C=O) groups excluding carboxylic acids is 2. The highest BCUT2D eigenvalue weighted by Crippen LogP contribution is 2.32. The molecule has 0 radical (unpaired) electrons. The monoisotopic (exact) mass is 398 g/mol. The van der Waals surface area contributed by atoms with Crippen molar-refractivity contribution in [1.29, 1.82) is 0 Å². The average molecular weight is 399 g/mol. The number of pyridine rings is 1. The van der Waals surface area contributed by atoms with Gasteiger partial charge in [0, 0.05) is 43.9 Å². The molecule has 1 saturated heterocycles. The summed E-state index contributed by atoms with van der Waals surface area (Å²) < 4.78 is 0. The number of aromatic nitrogens is 1. The highest BCUT2D eigenvalue weighted by atomic mass is 32.2. The first kappa shape index (κ1) is 19.2. The summed E-state index contributed by atoms with van der Waals surface area (Å²) in [7, 11) is 0. The van der Waals surface area contributed by atoms with Crippen molar-refractivity contribution < 1.29 is 9.59 Å². The third-order valence-electron chi connectivity index (χ3n) is 4.99. The molecule has 7 heteroatoms. The summed E-state index contributed by atoms with van der Waals surface area (Å²) in [6.45, 7) is 1.11. The molecule has 1 aliphatic heterocycles. The summed E-state index contributed by atoms with van der Waals surface area (Å²) in [4.78, 5) is 35.8. The Labute approximate surface area is 169 Å². The van der Waals surface area contributed by atoms with Crippen LogP contribution in [0.5, 0.6) is 0 Å². The summed E-state index contributed by atoms with van der Waals surface area (Å²) in [5.74, 6) is 0.638. The molecule has 2 aliphatic carbocycles. The molecule has 0 bridgehead atoms. The van der Waals surface area contributed by atoms with E-state index in [1.807, 2.05) is 18.2 Å².